The van der Waals surface area contributed by atoms with E-state index in [-0.39, 0.29) is 18.9 Å². The van der Waals surface area contributed by atoms with E-state index in [0.29, 0.717) is 0 Å². The van der Waals surface area contributed by atoms with Crippen LogP contribution in [0.5, 0.6) is 0 Å². The Hall–Kier alpha value is -3.03. The summed E-state index contributed by atoms with van der Waals surface area (Å²) in [6.07, 6.45) is 0.336. The minimum Gasteiger partial charge on any atom is -0.464 e. The van der Waals surface area contributed by atoms with Crippen LogP contribution < -0.4 is 10.6 Å². The van der Waals surface area contributed by atoms with Gasteiger partial charge in [0.05, 0.1) is 13.7 Å². The normalized spacial score (nSPS) is 11.9. The molecular formula is C17H22N2O6. The van der Waals surface area contributed by atoms with Gasteiger partial charge in [-0.1, -0.05) is 30.3 Å². The molecule has 136 valence electrons. The first-order valence-corrected chi connectivity index (χ1v) is 7.66. The fourth-order valence-corrected chi connectivity index (χ4v) is 1.67. The molecule has 0 bridgehead atoms. The van der Waals surface area contributed by atoms with Crippen LogP contribution in [0, 0.1) is 0 Å². The molecule has 0 aliphatic heterocycles. The lowest BCUT2D eigenvalue weighted by atomic mass is 10.2. The molecule has 25 heavy (non-hydrogen) atoms. The van der Waals surface area contributed by atoms with Gasteiger partial charge in [0.1, 0.15) is 18.3 Å². The number of alkyl carbamates (subject to hydrolysis) is 1. The molecule has 1 rings (SSSR count). The zero-order chi connectivity index (χ0) is 18.7. The van der Waals surface area contributed by atoms with Crippen LogP contribution in [0.1, 0.15) is 19.4 Å². The van der Waals surface area contributed by atoms with Crippen LogP contribution >= 0.6 is 0 Å². The zero-order valence-electron chi connectivity index (χ0n) is 14.4. The molecule has 8 heteroatoms. The molecule has 1 atom stereocenters. The van der Waals surface area contributed by atoms with Gasteiger partial charge in [0.25, 0.3) is 0 Å². The van der Waals surface area contributed by atoms with Gasteiger partial charge in [0, 0.05) is 6.20 Å². The molecule has 0 heterocycles. The van der Waals surface area contributed by atoms with E-state index in [4.69, 9.17) is 9.47 Å². The summed E-state index contributed by atoms with van der Waals surface area (Å²) < 4.78 is 14.4. The van der Waals surface area contributed by atoms with E-state index in [1.54, 1.807) is 26.0 Å². The van der Waals surface area contributed by atoms with Crippen molar-refractivity contribution in [2.24, 2.45) is 0 Å². The molecule has 0 spiro atoms. The van der Waals surface area contributed by atoms with Crippen molar-refractivity contribution < 1.29 is 28.6 Å². The van der Waals surface area contributed by atoms with Crippen molar-refractivity contribution in [2.45, 2.75) is 26.5 Å². The molecular weight excluding hydrogens is 328 g/mol. The van der Waals surface area contributed by atoms with Crippen molar-refractivity contribution >= 4 is 18.0 Å². The van der Waals surface area contributed by atoms with Gasteiger partial charge in [-0.3, -0.25) is 5.32 Å². The molecule has 1 aromatic carbocycles. The number of hydrogen-bond acceptors (Lipinski definition) is 7. The van der Waals surface area contributed by atoms with Crippen LogP contribution in [-0.4, -0.2) is 37.8 Å². The maximum absolute atomic E-state index is 11.8. The predicted molar refractivity (Wildman–Crippen MR) is 89.1 cm³/mol. The Balaban J connectivity index is 2.62. The monoisotopic (exact) mass is 350 g/mol. The molecule has 0 aliphatic rings. The van der Waals surface area contributed by atoms with E-state index in [0.717, 1.165) is 11.8 Å². The molecule has 0 radical (unpaired) electrons. The number of rotatable bonds is 8. The lowest BCUT2D eigenvalue weighted by molar-refractivity contribution is -0.145. The molecule has 2 N–H and O–H groups in total. The lowest BCUT2D eigenvalue weighted by Gasteiger charge is -2.13. The lowest BCUT2D eigenvalue weighted by Crippen LogP contribution is -2.35. The van der Waals surface area contributed by atoms with Crippen LogP contribution in [-0.2, 0) is 30.4 Å². The number of ether oxygens (including phenoxy) is 3. The number of hydrogen-bond donors (Lipinski definition) is 2. The summed E-state index contributed by atoms with van der Waals surface area (Å²) in [5, 5.41) is 4.93. The highest BCUT2D eigenvalue weighted by molar-refractivity contribution is 5.92. The average Bonchev–Trinajstić information content (AvgIpc) is 2.63. The first kappa shape index (κ1) is 20.0. The van der Waals surface area contributed by atoms with Gasteiger partial charge >= 0.3 is 18.0 Å². The average molecular weight is 350 g/mol. The van der Waals surface area contributed by atoms with Gasteiger partial charge in [0.2, 0.25) is 0 Å². The van der Waals surface area contributed by atoms with Crippen molar-refractivity contribution in [3.05, 3.63) is 47.8 Å². The van der Waals surface area contributed by atoms with E-state index in [2.05, 4.69) is 15.4 Å². The van der Waals surface area contributed by atoms with Gasteiger partial charge in [-0.15, -0.1) is 0 Å². The zero-order valence-corrected chi connectivity index (χ0v) is 14.4. The van der Waals surface area contributed by atoms with E-state index in [1.807, 2.05) is 18.2 Å². The standard InChI is InChI=1S/C17H22N2O6/c1-4-24-15(20)12(2)18-10-14(16(21)23-3)19-17(22)25-11-13-8-6-5-7-9-13/h5-10,12,18H,4,11H2,1-3H3,(H,19,22)/b14-10-. The number of benzene rings is 1. The second kappa shape index (κ2) is 10.7. The van der Waals surface area contributed by atoms with Crippen LogP contribution in [0.2, 0.25) is 0 Å². The Kier molecular flexibility index (Phi) is 8.56. The van der Waals surface area contributed by atoms with Crippen molar-refractivity contribution in [3.8, 4) is 0 Å². The third-order valence-electron chi connectivity index (χ3n) is 2.97. The minimum atomic E-state index is -0.828. The highest BCUT2D eigenvalue weighted by Gasteiger charge is 2.17. The van der Waals surface area contributed by atoms with Crippen LogP contribution in [0.15, 0.2) is 42.2 Å². The second-order valence-corrected chi connectivity index (χ2v) is 4.88. The second-order valence-electron chi connectivity index (χ2n) is 4.88. The predicted octanol–water partition coefficient (Wildman–Crippen LogP) is 1.47. The largest absolute Gasteiger partial charge is 0.464 e. The van der Waals surface area contributed by atoms with Gasteiger partial charge in [-0.05, 0) is 19.4 Å². The highest BCUT2D eigenvalue weighted by atomic mass is 16.6. The van der Waals surface area contributed by atoms with Crippen molar-refractivity contribution in [1.82, 2.24) is 10.6 Å². The Labute approximate surface area is 146 Å². The third-order valence-corrected chi connectivity index (χ3v) is 2.97. The summed E-state index contributed by atoms with van der Waals surface area (Å²) in [6.45, 7) is 3.53. The maximum Gasteiger partial charge on any atom is 0.412 e. The number of amides is 1. The molecule has 1 aromatic rings. The topological polar surface area (TPSA) is 103 Å². The van der Waals surface area contributed by atoms with Crippen LogP contribution in [0.4, 0.5) is 4.79 Å². The summed E-state index contributed by atoms with van der Waals surface area (Å²) in [5.74, 6) is -1.28. The maximum atomic E-state index is 11.8. The molecule has 0 aromatic heterocycles. The molecule has 1 unspecified atom stereocenters. The summed E-state index contributed by atoms with van der Waals surface area (Å²) in [6, 6.07) is 8.37. The summed E-state index contributed by atoms with van der Waals surface area (Å²) in [7, 11) is 1.17. The molecule has 8 nitrogen and oxygen atoms in total. The van der Waals surface area contributed by atoms with E-state index >= 15 is 0 Å². The number of carbonyl (C=O) groups is 3. The Morgan fingerprint density at radius 3 is 2.44 bits per heavy atom. The first-order valence-electron chi connectivity index (χ1n) is 7.66. The highest BCUT2D eigenvalue weighted by Crippen LogP contribution is 2.02. The molecule has 1 amide bonds. The minimum absolute atomic E-state index is 0.0494. The molecule has 0 saturated heterocycles. The van der Waals surface area contributed by atoms with Gasteiger partial charge in [-0.25, -0.2) is 14.4 Å². The van der Waals surface area contributed by atoms with E-state index < -0.39 is 24.1 Å². The first-order chi connectivity index (χ1) is 12.0. The fourth-order valence-electron chi connectivity index (χ4n) is 1.67. The summed E-state index contributed by atoms with van der Waals surface area (Å²) in [4.78, 5) is 35.1. The van der Waals surface area contributed by atoms with Gasteiger partial charge in [0.15, 0.2) is 0 Å². The van der Waals surface area contributed by atoms with Crippen LogP contribution in [0.3, 0.4) is 0 Å². The van der Waals surface area contributed by atoms with Gasteiger partial charge in [-0.2, -0.15) is 0 Å². The SMILES string of the molecule is CCOC(=O)C(C)N/C=C(\NC(=O)OCc1ccccc1)C(=O)OC. The van der Waals surface area contributed by atoms with E-state index in [9.17, 15) is 14.4 Å². The van der Waals surface area contributed by atoms with Crippen molar-refractivity contribution in [1.29, 1.82) is 0 Å². The number of nitrogens with one attached hydrogen (secondary N) is 2. The van der Waals surface area contributed by atoms with E-state index in [1.165, 1.54) is 7.11 Å². The Bertz CT molecular complexity index is 615. The number of esters is 2. The Morgan fingerprint density at radius 2 is 1.84 bits per heavy atom. The molecule has 0 fully saturated rings. The third kappa shape index (κ3) is 7.38. The molecule has 0 aliphatic carbocycles. The van der Waals surface area contributed by atoms with Crippen molar-refractivity contribution in [3.63, 3.8) is 0 Å². The summed E-state index contributed by atoms with van der Waals surface area (Å²) >= 11 is 0. The number of carbonyl (C=O) groups excluding carboxylic acids is 3. The molecule has 0 saturated carbocycles. The van der Waals surface area contributed by atoms with Crippen LogP contribution in [0.25, 0.3) is 0 Å². The smallest absolute Gasteiger partial charge is 0.412 e. The summed E-state index contributed by atoms with van der Waals surface area (Å²) in [5.41, 5.74) is 0.604. The number of methoxy groups -OCH3 is 1. The Morgan fingerprint density at radius 1 is 1.16 bits per heavy atom. The van der Waals surface area contributed by atoms with Crippen molar-refractivity contribution in [2.75, 3.05) is 13.7 Å². The fraction of sp³-hybridized carbons (Fsp3) is 0.353. The van der Waals surface area contributed by atoms with Gasteiger partial charge < -0.3 is 19.5 Å². The quantitative estimate of drug-likeness (QED) is 0.416.